The van der Waals surface area contributed by atoms with Crippen molar-refractivity contribution in [2.75, 3.05) is 19.8 Å². The molecule has 0 aromatic heterocycles. The van der Waals surface area contributed by atoms with E-state index in [1.54, 1.807) is 0 Å². The Kier molecular flexibility index (Phi) is 2.11. The molecule has 1 saturated carbocycles. The number of rotatable bonds is 3. The summed E-state index contributed by atoms with van der Waals surface area (Å²) in [5.41, 5.74) is 0. The average Bonchev–Trinajstić information content (AvgIpc) is 2.73. The third-order valence-electron chi connectivity index (χ3n) is 2.42. The van der Waals surface area contributed by atoms with Gasteiger partial charge >= 0.3 is 0 Å². The van der Waals surface area contributed by atoms with E-state index in [2.05, 4.69) is 5.32 Å². The highest BCUT2D eigenvalue weighted by atomic mass is 16.5. The average molecular weight is 157 g/mol. The molecule has 2 rings (SSSR count). The summed E-state index contributed by atoms with van der Waals surface area (Å²) in [6.45, 7) is 2.24. The molecule has 0 bridgehead atoms. The molecular weight excluding hydrogens is 142 g/mol. The molecule has 1 saturated heterocycles. The lowest BCUT2D eigenvalue weighted by Gasteiger charge is -2.13. The summed E-state index contributed by atoms with van der Waals surface area (Å²) in [5, 5.41) is 12.7. The molecule has 0 aromatic rings. The Balaban J connectivity index is 1.67. The van der Waals surface area contributed by atoms with Crippen molar-refractivity contribution in [1.29, 1.82) is 0 Å². The summed E-state index contributed by atoms with van der Waals surface area (Å²) >= 11 is 0. The molecule has 0 radical (unpaired) electrons. The molecule has 11 heavy (non-hydrogen) atoms. The zero-order chi connectivity index (χ0) is 7.68. The van der Waals surface area contributed by atoms with Crippen LogP contribution in [-0.2, 0) is 4.74 Å². The van der Waals surface area contributed by atoms with Crippen LogP contribution < -0.4 is 5.32 Å². The zero-order valence-corrected chi connectivity index (χ0v) is 6.62. The van der Waals surface area contributed by atoms with Crippen molar-refractivity contribution in [1.82, 2.24) is 5.32 Å². The highest BCUT2D eigenvalue weighted by Crippen LogP contribution is 2.27. The Labute approximate surface area is 66.7 Å². The molecule has 0 aromatic carbocycles. The molecule has 2 aliphatic rings. The Morgan fingerprint density at radius 1 is 1.36 bits per heavy atom. The molecule has 2 fully saturated rings. The molecule has 3 heteroatoms. The first kappa shape index (κ1) is 7.53. The number of ether oxygens (including phenoxy) is 1. The molecule has 2 N–H and O–H groups in total. The fraction of sp³-hybridized carbons (Fsp3) is 1.00. The largest absolute Gasteiger partial charge is 0.389 e. The summed E-state index contributed by atoms with van der Waals surface area (Å²) in [4.78, 5) is 0. The van der Waals surface area contributed by atoms with E-state index in [4.69, 9.17) is 4.74 Å². The third-order valence-corrected chi connectivity index (χ3v) is 2.42. The second-order valence-electron chi connectivity index (χ2n) is 3.56. The first-order valence-corrected chi connectivity index (χ1v) is 4.35. The Morgan fingerprint density at radius 3 is 2.73 bits per heavy atom. The van der Waals surface area contributed by atoms with Gasteiger partial charge in [-0.25, -0.2) is 0 Å². The number of aliphatic hydroxyl groups excluding tert-OH is 1. The number of hydrogen-bond acceptors (Lipinski definition) is 3. The Bertz CT molecular complexity index is 136. The van der Waals surface area contributed by atoms with Crippen molar-refractivity contribution in [2.24, 2.45) is 5.92 Å². The Hall–Kier alpha value is -0.120. The van der Waals surface area contributed by atoms with Crippen LogP contribution in [0.2, 0.25) is 0 Å². The van der Waals surface area contributed by atoms with Crippen LogP contribution in [0, 0.1) is 5.92 Å². The van der Waals surface area contributed by atoms with Crippen molar-refractivity contribution >= 4 is 0 Å². The lowest BCUT2D eigenvalue weighted by Crippen LogP contribution is -2.39. The van der Waals surface area contributed by atoms with Gasteiger partial charge in [0, 0.05) is 0 Å². The van der Waals surface area contributed by atoms with Gasteiger partial charge in [0.05, 0.1) is 25.4 Å². The van der Waals surface area contributed by atoms with E-state index in [0.717, 1.165) is 12.5 Å². The van der Waals surface area contributed by atoms with Gasteiger partial charge in [0.2, 0.25) is 0 Å². The lowest BCUT2D eigenvalue weighted by molar-refractivity contribution is 0.122. The van der Waals surface area contributed by atoms with Gasteiger partial charge < -0.3 is 15.2 Å². The van der Waals surface area contributed by atoms with Crippen molar-refractivity contribution in [3.8, 4) is 0 Å². The van der Waals surface area contributed by atoms with Gasteiger partial charge in [-0.05, 0) is 25.3 Å². The molecule has 3 nitrogen and oxygen atoms in total. The van der Waals surface area contributed by atoms with Crippen LogP contribution in [0.25, 0.3) is 0 Å². The SMILES string of the molecule is OC1COCC1NCC1CC1. The minimum absolute atomic E-state index is 0.190. The number of hydrogen-bond donors (Lipinski definition) is 2. The molecular formula is C8H15NO2. The van der Waals surface area contributed by atoms with Gasteiger partial charge in [-0.1, -0.05) is 0 Å². The molecule has 0 spiro atoms. The highest BCUT2D eigenvalue weighted by Gasteiger charge is 2.28. The summed E-state index contributed by atoms with van der Waals surface area (Å²) in [6, 6.07) is 0.190. The van der Waals surface area contributed by atoms with E-state index >= 15 is 0 Å². The molecule has 64 valence electrons. The van der Waals surface area contributed by atoms with E-state index in [-0.39, 0.29) is 12.1 Å². The quantitative estimate of drug-likeness (QED) is 0.593. The standard InChI is InChI=1S/C8H15NO2/c10-8-5-11-4-7(8)9-3-6-1-2-6/h6-10H,1-5H2. The molecule has 0 amide bonds. The number of nitrogens with one attached hydrogen (secondary N) is 1. The summed E-state index contributed by atoms with van der Waals surface area (Å²) in [7, 11) is 0. The van der Waals surface area contributed by atoms with Gasteiger partial charge in [0.25, 0.3) is 0 Å². The number of aliphatic hydroxyl groups is 1. The first-order chi connectivity index (χ1) is 5.36. The van der Waals surface area contributed by atoms with Gasteiger partial charge in [-0.2, -0.15) is 0 Å². The van der Waals surface area contributed by atoms with Crippen LogP contribution in [-0.4, -0.2) is 37.0 Å². The minimum atomic E-state index is -0.284. The van der Waals surface area contributed by atoms with E-state index in [1.165, 1.54) is 12.8 Å². The van der Waals surface area contributed by atoms with Crippen molar-refractivity contribution in [3.63, 3.8) is 0 Å². The van der Waals surface area contributed by atoms with Gasteiger partial charge in [0.1, 0.15) is 0 Å². The van der Waals surface area contributed by atoms with E-state index < -0.39 is 0 Å². The van der Waals surface area contributed by atoms with Gasteiger partial charge in [-0.15, -0.1) is 0 Å². The topological polar surface area (TPSA) is 41.5 Å². The highest BCUT2D eigenvalue weighted by molar-refractivity contribution is 4.84. The predicted molar refractivity (Wildman–Crippen MR) is 41.3 cm³/mol. The predicted octanol–water partition coefficient (Wildman–Crippen LogP) is -0.254. The summed E-state index contributed by atoms with van der Waals surface area (Å²) < 4.78 is 5.11. The third kappa shape index (κ3) is 1.92. The van der Waals surface area contributed by atoms with Crippen LogP contribution in [0.5, 0.6) is 0 Å². The van der Waals surface area contributed by atoms with Crippen molar-refractivity contribution in [3.05, 3.63) is 0 Å². The molecule has 1 aliphatic heterocycles. The van der Waals surface area contributed by atoms with Gasteiger partial charge in [0.15, 0.2) is 0 Å². The summed E-state index contributed by atoms with van der Waals surface area (Å²) in [5.74, 6) is 0.878. The van der Waals surface area contributed by atoms with Crippen molar-refractivity contribution in [2.45, 2.75) is 25.0 Å². The zero-order valence-electron chi connectivity index (χ0n) is 6.62. The fourth-order valence-electron chi connectivity index (χ4n) is 1.38. The maximum absolute atomic E-state index is 9.33. The van der Waals surface area contributed by atoms with Crippen LogP contribution >= 0.6 is 0 Å². The van der Waals surface area contributed by atoms with E-state index in [9.17, 15) is 5.11 Å². The van der Waals surface area contributed by atoms with Gasteiger partial charge in [-0.3, -0.25) is 0 Å². The summed E-state index contributed by atoms with van der Waals surface area (Å²) in [6.07, 6.45) is 2.43. The molecule has 2 atom stereocenters. The van der Waals surface area contributed by atoms with Crippen LogP contribution in [0.1, 0.15) is 12.8 Å². The van der Waals surface area contributed by atoms with Crippen LogP contribution in [0.3, 0.4) is 0 Å². The Morgan fingerprint density at radius 2 is 2.18 bits per heavy atom. The lowest BCUT2D eigenvalue weighted by atomic mass is 10.2. The first-order valence-electron chi connectivity index (χ1n) is 4.35. The van der Waals surface area contributed by atoms with Crippen LogP contribution in [0.4, 0.5) is 0 Å². The maximum atomic E-state index is 9.33. The fourth-order valence-corrected chi connectivity index (χ4v) is 1.38. The minimum Gasteiger partial charge on any atom is -0.389 e. The monoisotopic (exact) mass is 157 g/mol. The van der Waals surface area contributed by atoms with Crippen molar-refractivity contribution < 1.29 is 9.84 Å². The van der Waals surface area contributed by atoms with E-state index in [0.29, 0.717) is 13.2 Å². The molecule has 1 heterocycles. The van der Waals surface area contributed by atoms with E-state index in [1.807, 2.05) is 0 Å². The molecule has 2 unspecified atom stereocenters. The normalized spacial score (nSPS) is 37.9. The molecule has 1 aliphatic carbocycles. The smallest absolute Gasteiger partial charge is 0.0948 e. The second-order valence-corrected chi connectivity index (χ2v) is 3.56. The second kappa shape index (κ2) is 3.09. The van der Waals surface area contributed by atoms with Crippen LogP contribution in [0.15, 0.2) is 0 Å². The maximum Gasteiger partial charge on any atom is 0.0948 e.